The first-order valence-corrected chi connectivity index (χ1v) is 5.72. The highest BCUT2D eigenvalue weighted by Crippen LogP contribution is 2.26. The van der Waals surface area contributed by atoms with Crippen LogP contribution in [-0.2, 0) is 0 Å². The molecule has 2 nitrogen and oxygen atoms in total. The van der Waals surface area contributed by atoms with Gasteiger partial charge >= 0.3 is 0 Å². The lowest BCUT2D eigenvalue weighted by Gasteiger charge is -2.17. The number of halogens is 2. The van der Waals surface area contributed by atoms with Crippen molar-refractivity contribution in [1.29, 1.82) is 0 Å². The van der Waals surface area contributed by atoms with E-state index in [9.17, 15) is 8.78 Å². The highest BCUT2D eigenvalue weighted by Gasteiger charge is 2.17. The lowest BCUT2D eigenvalue weighted by atomic mass is 9.92. The van der Waals surface area contributed by atoms with Gasteiger partial charge in [0.05, 0.1) is 0 Å². The Bertz CT molecular complexity index is 514. The number of rotatable bonds is 4. The summed E-state index contributed by atoms with van der Waals surface area (Å²) in [5.74, 6) is -1.27. The average Bonchev–Trinajstić information content (AvgIpc) is 2.38. The largest absolute Gasteiger partial charge is 0.319 e. The predicted octanol–water partition coefficient (Wildman–Crippen LogP) is 2.71. The van der Waals surface area contributed by atoms with Crippen molar-refractivity contribution in [2.45, 2.75) is 5.92 Å². The van der Waals surface area contributed by atoms with Crippen molar-refractivity contribution in [3.63, 3.8) is 0 Å². The van der Waals surface area contributed by atoms with Crippen LogP contribution < -0.4 is 5.32 Å². The maximum atomic E-state index is 13.8. The first-order valence-electron chi connectivity index (χ1n) is 5.72. The molecule has 1 atom stereocenters. The summed E-state index contributed by atoms with van der Waals surface area (Å²) in [6, 6.07) is 7.36. The Morgan fingerprint density at radius 3 is 2.72 bits per heavy atom. The molecule has 0 amide bonds. The summed E-state index contributed by atoms with van der Waals surface area (Å²) in [5, 5.41) is 3.02. The van der Waals surface area contributed by atoms with Crippen LogP contribution in [0.1, 0.15) is 17.0 Å². The molecule has 0 saturated heterocycles. The molecule has 1 heterocycles. The molecule has 0 aliphatic carbocycles. The van der Waals surface area contributed by atoms with E-state index in [0.29, 0.717) is 12.1 Å². The van der Waals surface area contributed by atoms with E-state index in [2.05, 4.69) is 10.3 Å². The minimum atomic E-state index is -0.564. The second kappa shape index (κ2) is 5.69. The molecular formula is C14H14F2N2. The minimum Gasteiger partial charge on any atom is -0.319 e. The molecule has 1 unspecified atom stereocenters. The van der Waals surface area contributed by atoms with Gasteiger partial charge in [0, 0.05) is 30.9 Å². The zero-order chi connectivity index (χ0) is 13.0. The van der Waals surface area contributed by atoms with Gasteiger partial charge in [0.1, 0.15) is 11.6 Å². The Labute approximate surface area is 105 Å². The van der Waals surface area contributed by atoms with Crippen molar-refractivity contribution in [2.24, 2.45) is 0 Å². The van der Waals surface area contributed by atoms with Gasteiger partial charge in [-0.2, -0.15) is 0 Å². The number of benzene rings is 1. The number of likely N-dealkylation sites (N-methyl/N-ethyl adjacent to an activating group) is 1. The monoisotopic (exact) mass is 248 g/mol. The molecule has 0 spiro atoms. The van der Waals surface area contributed by atoms with Gasteiger partial charge in [0.15, 0.2) is 0 Å². The van der Waals surface area contributed by atoms with E-state index in [0.717, 1.165) is 11.6 Å². The Kier molecular flexibility index (Phi) is 3.99. The summed E-state index contributed by atoms with van der Waals surface area (Å²) < 4.78 is 26.8. The molecule has 1 N–H and O–H groups in total. The third kappa shape index (κ3) is 2.71. The lowest BCUT2D eigenvalue weighted by Crippen LogP contribution is -2.19. The van der Waals surface area contributed by atoms with Gasteiger partial charge in [0.25, 0.3) is 0 Å². The molecule has 0 aliphatic heterocycles. The van der Waals surface area contributed by atoms with E-state index in [-0.39, 0.29) is 5.92 Å². The van der Waals surface area contributed by atoms with Gasteiger partial charge in [-0.1, -0.05) is 12.1 Å². The van der Waals surface area contributed by atoms with Gasteiger partial charge in [-0.3, -0.25) is 4.98 Å². The number of aromatic nitrogens is 1. The Morgan fingerprint density at radius 1 is 1.28 bits per heavy atom. The highest BCUT2D eigenvalue weighted by atomic mass is 19.1. The first kappa shape index (κ1) is 12.6. The number of pyridine rings is 1. The molecule has 1 aromatic heterocycles. The van der Waals surface area contributed by atoms with Crippen LogP contribution in [0.25, 0.3) is 0 Å². The van der Waals surface area contributed by atoms with E-state index in [1.54, 1.807) is 25.5 Å². The zero-order valence-electron chi connectivity index (χ0n) is 10.0. The molecule has 18 heavy (non-hydrogen) atoms. The fraction of sp³-hybridized carbons (Fsp3) is 0.214. The third-order valence-electron chi connectivity index (χ3n) is 2.83. The third-order valence-corrected chi connectivity index (χ3v) is 2.83. The summed E-state index contributed by atoms with van der Waals surface area (Å²) in [6.07, 6.45) is 3.37. The molecule has 0 saturated carbocycles. The van der Waals surface area contributed by atoms with Crippen molar-refractivity contribution in [2.75, 3.05) is 13.6 Å². The minimum absolute atomic E-state index is 0.177. The van der Waals surface area contributed by atoms with Gasteiger partial charge in [-0.25, -0.2) is 8.78 Å². The maximum absolute atomic E-state index is 13.8. The second-order valence-corrected chi connectivity index (χ2v) is 4.06. The topological polar surface area (TPSA) is 24.9 Å². The fourth-order valence-electron chi connectivity index (χ4n) is 1.98. The van der Waals surface area contributed by atoms with Gasteiger partial charge in [0.2, 0.25) is 0 Å². The number of nitrogens with one attached hydrogen (secondary N) is 1. The van der Waals surface area contributed by atoms with Crippen LogP contribution in [0.5, 0.6) is 0 Å². The van der Waals surface area contributed by atoms with E-state index in [1.165, 1.54) is 12.1 Å². The average molecular weight is 248 g/mol. The lowest BCUT2D eigenvalue weighted by molar-refractivity contribution is 0.559. The van der Waals surface area contributed by atoms with Crippen LogP contribution in [-0.4, -0.2) is 18.6 Å². The van der Waals surface area contributed by atoms with Crippen molar-refractivity contribution in [3.05, 3.63) is 65.5 Å². The number of hydrogen-bond acceptors (Lipinski definition) is 2. The summed E-state index contributed by atoms with van der Waals surface area (Å²) in [5.41, 5.74) is 1.37. The number of hydrogen-bond donors (Lipinski definition) is 1. The van der Waals surface area contributed by atoms with Gasteiger partial charge in [-0.15, -0.1) is 0 Å². The predicted molar refractivity (Wildman–Crippen MR) is 66.4 cm³/mol. The van der Waals surface area contributed by atoms with Gasteiger partial charge in [-0.05, 0) is 30.3 Å². The highest BCUT2D eigenvalue weighted by molar-refractivity contribution is 5.32. The second-order valence-electron chi connectivity index (χ2n) is 4.06. The van der Waals surface area contributed by atoms with Crippen molar-refractivity contribution < 1.29 is 8.78 Å². The summed E-state index contributed by atoms with van der Waals surface area (Å²) in [6.45, 7) is 0.564. The van der Waals surface area contributed by atoms with Crippen LogP contribution in [0.2, 0.25) is 0 Å². The zero-order valence-corrected chi connectivity index (χ0v) is 10.0. The van der Waals surface area contributed by atoms with Crippen LogP contribution in [0, 0.1) is 11.6 Å². The van der Waals surface area contributed by atoms with Crippen molar-refractivity contribution in [3.8, 4) is 0 Å². The quantitative estimate of drug-likeness (QED) is 0.899. The maximum Gasteiger partial charge on any atom is 0.129 e. The molecule has 94 valence electrons. The van der Waals surface area contributed by atoms with Crippen molar-refractivity contribution >= 4 is 0 Å². The van der Waals surface area contributed by atoms with Gasteiger partial charge < -0.3 is 5.32 Å². The SMILES string of the molecule is CNCC(c1cccnc1)c1ccc(F)cc1F. The molecule has 2 rings (SSSR count). The van der Waals surface area contributed by atoms with Crippen LogP contribution >= 0.6 is 0 Å². The first-order chi connectivity index (χ1) is 8.72. The number of nitrogens with zero attached hydrogens (tertiary/aromatic N) is 1. The van der Waals surface area contributed by atoms with Crippen molar-refractivity contribution in [1.82, 2.24) is 10.3 Å². The van der Waals surface area contributed by atoms with E-state index >= 15 is 0 Å². The van der Waals surface area contributed by atoms with Crippen LogP contribution in [0.4, 0.5) is 8.78 Å². The molecule has 2 aromatic rings. The van der Waals surface area contributed by atoms with E-state index < -0.39 is 11.6 Å². The standard InChI is InChI=1S/C14H14F2N2/c1-17-9-13(10-3-2-6-18-8-10)12-5-4-11(15)7-14(12)16/h2-8,13,17H,9H2,1H3. The Balaban J connectivity index is 2.41. The van der Waals surface area contributed by atoms with E-state index in [4.69, 9.17) is 0 Å². The summed E-state index contributed by atoms with van der Waals surface area (Å²) >= 11 is 0. The van der Waals surface area contributed by atoms with Crippen LogP contribution in [0.15, 0.2) is 42.7 Å². The van der Waals surface area contributed by atoms with E-state index in [1.807, 2.05) is 6.07 Å². The summed E-state index contributed by atoms with van der Waals surface area (Å²) in [4.78, 5) is 4.04. The molecule has 1 aromatic carbocycles. The molecular weight excluding hydrogens is 234 g/mol. The molecule has 0 fully saturated rings. The van der Waals surface area contributed by atoms with Crippen LogP contribution in [0.3, 0.4) is 0 Å². The normalized spacial score (nSPS) is 12.4. The molecule has 0 radical (unpaired) electrons. The smallest absolute Gasteiger partial charge is 0.129 e. The molecule has 0 bridgehead atoms. The Hall–Kier alpha value is -1.81. The summed E-state index contributed by atoms with van der Waals surface area (Å²) in [7, 11) is 1.80. The molecule has 4 heteroatoms. The Morgan fingerprint density at radius 2 is 2.11 bits per heavy atom. The molecule has 0 aliphatic rings. The fourth-order valence-corrected chi connectivity index (χ4v) is 1.98.